The summed E-state index contributed by atoms with van der Waals surface area (Å²) in [6, 6.07) is 13.0. The zero-order chi connectivity index (χ0) is 13.8. The first-order chi connectivity index (χ1) is 9.83. The number of benzene rings is 1. The van der Waals surface area contributed by atoms with Crippen molar-refractivity contribution < 1.29 is 9.48 Å². The molecular formula is C16H21N2OS+. The van der Waals surface area contributed by atoms with Crippen LogP contribution in [-0.4, -0.2) is 37.9 Å². The van der Waals surface area contributed by atoms with Crippen LogP contribution < -0.4 is 5.32 Å². The Morgan fingerprint density at radius 3 is 2.65 bits per heavy atom. The maximum atomic E-state index is 5.86. The van der Waals surface area contributed by atoms with E-state index in [0.29, 0.717) is 0 Å². The molecule has 0 saturated carbocycles. The number of piperazine rings is 1. The third-order valence-electron chi connectivity index (χ3n) is 4.04. The maximum Gasteiger partial charge on any atom is 0.135 e. The molecule has 1 fully saturated rings. The van der Waals surface area contributed by atoms with Gasteiger partial charge in [-0.3, -0.25) is 0 Å². The van der Waals surface area contributed by atoms with Crippen molar-refractivity contribution in [3.05, 3.63) is 47.3 Å². The van der Waals surface area contributed by atoms with Crippen LogP contribution in [0.2, 0.25) is 0 Å². The first kappa shape index (κ1) is 13.8. The molecule has 1 aromatic heterocycles. The van der Waals surface area contributed by atoms with Crippen LogP contribution in [0, 0.1) is 0 Å². The molecule has 3 nitrogen and oxygen atoms in total. The minimum atomic E-state index is 0.718. The smallest absolute Gasteiger partial charge is 0.135 e. The number of quaternary nitrogens is 1. The molecule has 3 rings (SSSR count). The highest BCUT2D eigenvalue weighted by molar-refractivity contribution is 7.13. The van der Waals surface area contributed by atoms with Crippen LogP contribution in [0.3, 0.4) is 0 Å². The second-order valence-electron chi connectivity index (χ2n) is 5.23. The van der Waals surface area contributed by atoms with Crippen molar-refractivity contribution in [2.45, 2.75) is 6.54 Å². The van der Waals surface area contributed by atoms with Crippen molar-refractivity contribution in [3.63, 3.8) is 0 Å². The van der Waals surface area contributed by atoms with Gasteiger partial charge < -0.3 is 5.32 Å². The molecule has 0 atom stereocenters. The van der Waals surface area contributed by atoms with Crippen molar-refractivity contribution in [2.75, 3.05) is 33.3 Å². The lowest BCUT2D eigenvalue weighted by molar-refractivity contribution is -1.11. The SMILES string of the molecule is CO[N+]1(Cc2ccccc2-c2cccs2)CCNCC1. The van der Waals surface area contributed by atoms with Crippen molar-refractivity contribution in [1.82, 2.24) is 5.32 Å². The number of rotatable bonds is 4. The predicted molar refractivity (Wildman–Crippen MR) is 83.3 cm³/mol. The quantitative estimate of drug-likeness (QED) is 0.874. The summed E-state index contributed by atoms with van der Waals surface area (Å²) in [7, 11) is 1.83. The summed E-state index contributed by atoms with van der Waals surface area (Å²) in [5.74, 6) is 0. The molecule has 2 aromatic rings. The van der Waals surface area contributed by atoms with Crippen LogP contribution in [0.4, 0.5) is 0 Å². The largest absolute Gasteiger partial charge is 0.306 e. The Bertz CT molecular complexity index is 547. The second-order valence-corrected chi connectivity index (χ2v) is 6.18. The van der Waals surface area contributed by atoms with E-state index >= 15 is 0 Å². The van der Waals surface area contributed by atoms with Gasteiger partial charge in [-0.1, -0.05) is 30.3 Å². The van der Waals surface area contributed by atoms with E-state index in [1.54, 1.807) is 11.3 Å². The van der Waals surface area contributed by atoms with E-state index in [2.05, 4.69) is 47.1 Å². The Kier molecular flexibility index (Phi) is 4.17. The van der Waals surface area contributed by atoms with Gasteiger partial charge in [-0.25, -0.2) is 4.84 Å². The van der Waals surface area contributed by atoms with Crippen LogP contribution >= 0.6 is 11.3 Å². The molecule has 106 valence electrons. The fourth-order valence-corrected chi connectivity index (χ4v) is 3.64. The van der Waals surface area contributed by atoms with Crippen molar-refractivity contribution in [2.24, 2.45) is 0 Å². The van der Waals surface area contributed by atoms with Gasteiger partial charge in [0, 0.05) is 29.1 Å². The van der Waals surface area contributed by atoms with Gasteiger partial charge in [0.1, 0.15) is 19.6 Å². The average molecular weight is 289 g/mol. The molecule has 1 aliphatic rings. The van der Waals surface area contributed by atoms with Gasteiger partial charge >= 0.3 is 0 Å². The molecule has 0 spiro atoms. The number of nitrogens with zero attached hydrogens (tertiary/aromatic N) is 1. The summed E-state index contributed by atoms with van der Waals surface area (Å²) in [5, 5.41) is 5.54. The van der Waals surface area contributed by atoms with Gasteiger partial charge in [-0.05, 0) is 11.4 Å². The summed E-state index contributed by atoms with van der Waals surface area (Å²) < 4.78 is 0.718. The molecular weight excluding hydrogens is 268 g/mol. The molecule has 1 aromatic carbocycles. The molecule has 0 amide bonds. The Balaban J connectivity index is 1.90. The molecule has 0 bridgehead atoms. The Morgan fingerprint density at radius 1 is 1.15 bits per heavy atom. The minimum absolute atomic E-state index is 0.718. The summed E-state index contributed by atoms with van der Waals surface area (Å²) in [5.41, 5.74) is 2.72. The van der Waals surface area contributed by atoms with E-state index in [1.807, 2.05) is 7.11 Å². The number of hydroxylamine groups is 3. The lowest BCUT2D eigenvalue weighted by Gasteiger charge is -2.37. The first-order valence-electron chi connectivity index (χ1n) is 7.07. The Morgan fingerprint density at radius 2 is 1.95 bits per heavy atom. The van der Waals surface area contributed by atoms with Crippen LogP contribution in [0.25, 0.3) is 10.4 Å². The van der Waals surface area contributed by atoms with Gasteiger partial charge in [-0.15, -0.1) is 11.3 Å². The van der Waals surface area contributed by atoms with Crippen LogP contribution in [0.1, 0.15) is 5.56 Å². The predicted octanol–water partition coefficient (Wildman–Crippen LogP) is 2.90. The number of hydrogen-bond donors (Lipinski definition) is 1. The molecule has 0 unspecified atom stereocenters. The summed E-state index contributed by atoms with van der Waals surface area (Å²) in [6.07, 6.45) is 0. The number of hydrogen-bond acceptors (Lipinski definition) is 3. The van der Waals surface area contributed by atoms with Crippen LogP contribution in [-0.2, 0) is 11.4 Å². The Hall–Kier alpha value is -1.20. The molecule has 1 aliphatic heterocycles. The molecule has 0 aliphatic carbocycles. The van der Waals surface area contributed by atoms with Gasteiger partial charge in [0.25, 0.3) is 0 Å². The van der Waals surface area contributed by atoms with Crippen LogP contribution in [0.15, 0.2) is 41.8 Å². The third kappa shape index (κ3) is 2.79. The Labute approximate surface area is 124 Å². The van der Waals surface area contributed by atoms with Crippen molar-refractivity contribution in [1.29, 1.82) is 0 Å². The van der Waals surface area contributed by atoms with Gasteiger partial charge in [-0.2, -0.15) is 4.65 Å². The zero-order valence-electron chi connectivity index (χ0n) is 11.8. The number of nitrogens with one attached hydrogen (secondary N) is 1. The monoisotopic (exact) mass is 289 g/mol. The maximum absolute atomic E-state index is 5.86. The molecule has 20 heavy (non-hydrogen) atoms. The van der Waals surface area contributed by atoms with Gasteiger partial charge in [0.2, 0.25) is 0 Å². The number of thiophene rings is 1. The summed E-state index contributed by atoms with van der Waals surface area (Å²) in [4.78, 5) is 7.19. The highest BCUT2D eigenvalue weighted by Gasteiger charge is 2.32. The average Bonchev–Trinajstić information content (AvgIpc) is 3.03. The van der Waals surface area contributed by atoms with E-state index in [1.165, 1.54) is 16.0 Å². The minimum Gasteiger partial charge on any atom is -0.306 e. The summed E-state index contributed by atoms with van der Waals surface area (Å²) >= 11 is 1.80. The van der Waals surface area contributed by atoms with Crippen LogP contribution in [0.5, 0.6) is 0 Å². The molecule has 1 saturated heterocycles. The van der Waals surface area contributed by atoms with Crippen molar-refractivity contribution >= 4 is 11.3 Å². The van der Waals surface area contributed by atoms with E-state index < -0.39 is 0 Å². The molecule has 1 N–H and O–H groups in total. The van der Waals surface area contributed by atoms with E-state index in [0.717, 1.165) is 37.4 Å². The molecule has 2 heterocycles. The molecule has 4 heteroatoms. The topological polar surface area (TPSA) is 21.3 Å². The first-order valence-corrected chi connectivity index (χ1v) is 7.95. The zero-order valence-corrected chi connectivity index (χ0v) is 12.7. The summed E-state index contributed by atoms with van der Waals surface area (Å²) in [6.45, 7) is 5.03. The fourth-order valence-electron chi connectivity index (χ4n) is 2.85. The van der Waals surface area contributed by atoms with Crippen molar-refractivity contribution in [3.8, 4) is 10.4 Å². The highest BCUT2D eigenvalue weighted by atomic mass is 32.1. The van der Waals surface area contributed by atoms with E-state index in [-0.39, 0.29) is 0 Å². The van der Waals surface area contributed by atoms with Gasteiger partial charge in [0.15, 0.2) is 0 Å². The second kappa shape index (κ2) is 6.06. The lowest BCUT2D eigenvalue weighted by Crippen LogP contribution is -2.57. The third-order valence-corrected chi connectivity index (χ3v) is 4.95. The molecule has 0 radical (unpaired) electrons. The van der Waals surface area contributed by atoms with E-state index in [4.69, 9.17) is 4.84 Å². The standard InChI is InChI=1S/C16H21N2OS/c1-19-18(10-8-17-9-11-18)13-14-5-2-3-6-15(14)16-7-4-12-20-16/h2-7,12,17H,8-11,13H2,1H3/q+1. The normalized spacial score (nSPS) is 18.1. The lowest BCUT2D eigenvalue weighted by atomic mass is 10.1. The fraction of sp³-hybridized carbons (Fsp3) is 0.375. The van der Waals surface area contributed by atoms with Gasteiger partial charge in [0.05, 0.1) is 7.11 Å². The highest BCUT2D eigenvalue weighted by Crippen LogP contribution is 2.30. The van der Waals surface area contributed by atoms with E-state index in [9.17, 15) is 0 Å².